The zero-order valence-electron chi connectivity index (χ0n) is 15.2. The Morgan fingerprint density at radius 1 is 1.00 bits per heavy atom. The van der Waals surface area contributed by atoms with Gasteiger partial charge in [-0.25, -0.2) is 9.59 Å². The number of carbonyl (C=O) groups excluding carboxylic acids is 2. The second-order valence-electron chi connectivity index (χ2n) is 6.42. The number of ether oxygens (including phenoxy) is 2. The normalized spacial score (nSPS) is 12.1. The Balaban J connectivity index is 2.15. The van der Waals surface area contributed by atoms with E-state index in [1.807, 2.05) is 38.1 Å². The summed E-state index contributed by atoms with van der Waals surface area (Å²) in [4.78, 5) is 22.8. The number of aliphatic hydroxyl groups is 2. The molecule has 6 heteroatoms. The molecule has 27 heavy (non-hydrogen) atoms. The fourth-order valence-electron chi connectivity index (χ4n) is 2.46. The number of esters is 2. The number of hydrogen-bond acceptors (Lipinski definition) is 6. The smallest absolute Gasteiger partial charge is 0.342 e. The standard InChI is InChI=1S/C21H22O6/c1-4-19(24)26-16-9-5-14(6-10-16)21(2,3)15-7-11-17(12-8-15)27-20(25)18(23)13-22/h4-12,18,22-23H,1,13H2,2-3H3. The molecule has 0 saturated carbocycles. The van der Waals surface area contributed by atoms with Gasteiger partial charge >= 0.3 is 11.9 Å². The quantitative estimate of drug-likeness (QED) is 0.442. The molecule has 0 fully saturated rings. The molecule has 1 atom stereocenters. The van der Waals surface area contributed by atoms with Crippen molar-refractivity contribution in [2.75, 3.05) is 6.61 Å². The predicted octanol–water partition coefficient (Wildman–Crippen LogP) is 2.36. The molecule has 2 aromatic rings. The van der Waals surface area contributed by atoms with Gasteiger partial charge in [0.05, 0.1) is 6.61 Å². The SMILES string of the molecule is C=CC(=O)Oc1ccc(C(C)(C)c2ccc(OC(=O)C(O)CO)cc2)cc1. The van der Waals surface area contributed by atoms with Crippen molar-refractivity contribution in [3.05, 3.63) is 72.3 Å². The van der Waals surface area contributed by atoms with E-state index in [9.17, 15) is 14.7 Å². The molecule has 0 aromatic heterocycles. The molecule has 0 radical (unpaired) electrons. The molecule has 2 aromatic carbocycles. The summed E-state index contributed by atoms with van der Waals surface area (Å²) in [7, 11) is 0. The van der Waals surface area contributed by atoms with E-state index in [4.69, 9.17) is 14.6 Å². The highest BCUT2D eigenvalue weighted by atomic mass is 16.6. The maximum absolute atomic E-state index is 11.5. The lowest BCUT2D eigenvalue weighted by molar-refractivity contribution is -0.145. The van der Waals surface area contributed by atoms with E-state index in [1.165, 1.54) is 0 Å². The highest BCUT2D eigenvalue weighted by molar-refractivity contribution is 5.83. The molecule has 0 saturated heterocycles. The Bertz CT molecular complexity index is 806. The molecule has 1 unspecified atom stereocenters. The van der Waals surface area contributed by atoms with E-state index < -0.39 is 24.6 Å². The summed E-state index contributed by atoms with van der Waals surface area (Å²) in [5, 5.41) is 18.0. The number of carbonyl (C=O) groups is 2. The lowest BCUT2D eigenvalue weighted by atomic mass is 9.78. The average Bonchev–Trinajstić information content (AvgIpc) is 2.68. The van der Waals surface area contributed by atoms with Gasteiger partial charge in [0.2, 0.25) is 0 Å². The minimum Gasteiger partial charge on any atom is -0.425 e. The molecule has 0 spiro atoms. The lowest BCUT2D eigenvalue weighted by Crippen LogP contribution is -2.28. The Labute approximate surface area is 157 Å². The first kappa shape index (κ1) is 20.4. The van der Waals surface area contributed by atoms with Crippen LogP contribution < -0.4 is 9.47 Å². The van der Waals surface area contributed by atoms with Gasteiger partial charge in [0.1, 0.15) is 11.5 Å². The molecular weight excluding hydrogens is 348 g/mol. The van der Waals surface area contributed by atoms with Gasteiger partial charge in [-0.1, -0.05) is 44.7 Å². The van der Waals surface area contributed by atoms with E-state index in [-0.39, 0.29) is 11.2 Å². The van der Waals surface area contributed by atoms with Gasteiger partial charge in [0, 0.05) is 11.5 Å². The van der Waals surface area contributed by atoms with Crippen LogP contribution >= 0.6 is 0 Å². The fourth-order valence-corrected chi connectivity index (χ4v) is 2.46. The molecule has 0 amide bonds. The maximum Gasteiger partial charge on any atom is 0.342 e. The van der Waals surface area contributed by atoms with Crippen LogP contribution in [0.5, 0.6) is 11.5 Å². The Kier molecular flexibility index (Phi) is 6.50. The minimum atomic E-state index is -1.56. The molecule has 0 bridgehead atoms. The lowest BCUT2D eigenvalue weighted by Gasteiger charge is -2.26. The average molecular weight is 370 g/mol. The van der Waals surface area contributed by atoms with Crippen molar-refractivity contribution in [3.63, 3.8) is 0 Å². The fraction of sp³-hybridized carbons (Fsp3) is 0.238. The van der Waals surface area contributed by atoms with Gasteiger partial charge in [-0.05, 0) is 35.4 Å². The van der Waals surface area contributed by atoms with Crippen LogP contribution in [0.15, 0.2) is 61.2 Å². The molecule has 0 aliphatic carbocycles. The Hall–Kier alpha value is -2.96. The van der Waals surface area contributed by atoms with Crippen molar-refractivity contribution in [3.8, 4) is 11.5 Å². The van der Waals surface area contributed by atoms with E-state index in [0.29, 0.717) is 5.75 Å². The van der Waals surface area contributed by atoms with Crippen LogP contribution in [0.25, 0.3) is 0 Å². The van der Waals surface area contributed by atoms with Crippen molar-refractivity contribution >= 4 is 11.9 Å². The zero-order chi connectivity index (χ0) is 20.0. The highest BCUT2D eigenvalue weighted by Crippen LogP contribution is 2.33. The number of rotatable bonds is 7. The molecule has 0 heterocycles. The summed E-state index contributed by atoms with van der Waals surface area (Å²) in [6.07, 6.45) is -0.457. The van der Waals surface area contributed by atoms with Crippen molar-refractivity contribution in [1.29, 1.82) is 0 Å². The third kappa shape index (κ3) is 5.03. The van der Waals surface area contributed by atoms with Gasteiger partial charge in [0.15, 0.2) is 6.10 Å². The molecule has 142 valence electrons. The summed E-state index contributed by atoms with van der Waals surface area (Å²) < 4.78 is 10.1. The molecule has 2 N–H and O–H groups in total. The number of hydrogen-bond donors (Lipinski definition) is 2. The third-order valence-electron chi connectivity index (χ3n) is 4.20. The van der Waals surface area contributed by atoms with Crippen LogP contribution in [0.4, 0.5) is 0 Å². The van der Waals surface area contributed by atoms with E-state index >= 15 is 0 Å². The largest absolute Gasteiger partial charge is 0.425 e. The van der Waals surface area contributed by atoms with E-state index in [0.717, 1.165) is 17.2 Å². The first-order valence-corrected chi connectivity index (χ1v) is 8.34. The molecule has 0 aliphatic rings. The summed E-state index contributed by atoms with van der Waals surface area (Å²) in [5.41, 5.74) is 1.62. The number of benzene rings is 2. The maximum atomic E-state index is 11.5. The van der Waals surface area contributed by atoms with Crippen LogP contribution in [0.1, 0.15) is 25.0 Å². The van der Waals surface area contributed by atoms with Gasteiger partial charge in [-0.2, -0.15) is 0 Å². The van der Waals surface area contributed by atoms with Crippen LogP contribution in [-0.2, 0) is 15.0 Å². The number of aliphatic hydroxyl groups excluding tert-OH is 2. The Morgan fingerprint density at radius 3 is 1.85 bits per heavy atom. The zero-order valence-corrected chi connectivity index (χ0v) is 15.2. The second-order valence-corrected chi connectivity index (χ2v) is 6.42. The summed E-state index contributed by atoms with van der Waals surface area (Å²) in [6.45, 7) is 6.74. The van der Waals surface area contributed by atoms with Crippen LogP contribution in [0.2, 0.25) is 0 Å². The van der Waals surface area contributed by atoms with Gasteiger partial charge in [0.25, 0.3) is 0 Å². The van der Waals surface area contributed by atoms with Gasteiger partial charge in [-0.15, -0.1) is 0 Å². The van der Waals surface area contributed by atoms with Crippen molar-refractivity contribution < 1.29 is 29.3 Å². The summed E-state index contributed by atoms with van der Waals surface area (Å²) in [5.74, 6) is -0.712. The minimum absolute atomic E-state index is 0.277. The van der Waals surface area contributed by atoms with E-state index in [2.05, 4.69) is 6.58 Å². The topological polar surface area (TPSA) is 93.1 Å². The first-order valence-electron chi connectivity index (χ1n) is 8.34. The molecular formula is C21H22O6. The van der Waals surface area contributed by atoms with Crippen molar-refractivity contribution in [2.45, 2.75) is 25.4 Å². The van der Waals surface area contributed by atoms with E-state index in [1.54, 1.807) is 24.3 Å². The molecule has 6 nitrogen and oxygen atoms in total. The highest BCUT2D eigenvalue weighted by Gasteiger charge is 2.24. The van der Waals surface area contributed by atoms with Crippen molar-refractivity contribution in [2.24, 2.45) is 0 Å². The third-order valence-corrected chi connectivity index (χ3v) is 4.20. The molecule has 2 rings (SSSR count). The van der Waals surface area contributed by atoms with Gasteiger partial charge in [-0.3, -0.25) is 0 Å². The predicted molar refractivity (Wildman–Crippen MR) is 99.6 cm³/mol. The Morgan fingerprint density at radius 2 is 1.44 bits per heavy atom. The second kappa shape index (κ2) is 8.62. The van der Waals surface area contributed by atoms with Crippen molar-refractivity contribution in [1.82, 2.24) is 0 Å². The van der Waals surface area contributed by atoms with Crippen LogP contribution in [0, 0.1) is 0 Å². The first-order chi connectivity index (χ1) is 12.8. The van der Waals surface area contributed by atoms with Crippen LogP contribution in [-0.4, -0.2) is 34.9 Å². The molecule has 0 aliphatic heterocycles. The van der Waals surface area contributed by atoms with Crippen LogP contribution in [0.3, 0.4) is 0 Å². The van der Waals surface area contributed by atoms with Gasteiger partial charge < -0.3 is 19.7 Å². The summed E-state index contributed by atoms with van der Waals surface area (Å²) >= 11 is 0. The summed E-state index contributed by atoms with van der Waals surface area (Å²) in [6, 6.07) is 14.1. The monoisotopic (exact) mass is 370 g/mol.